The highest BCUT2D eigenvalue weighted by molar-refractivity contribution is 6.51. The molecule has 0 atom stereocenters. The van der Waals surface area contributed by atoms with Crippen molar-refractivity contribution in [3.8, 4) is 0 Å². The Balaban J connectivity index is 2.94. The molecule has 106 valence electrons. The summed E-state index contributed by atoms with van der Waals surface area (Å²) < 4.78 is 0. The maximum Gasteiger partial charge on any atom is 0.171 e. The highest BCUT2D eigenvalue weighted by atomic mass is 35.5. The van der Waals surface area contributed by atoms with Crippen LogP contribution < -0.4 is 0 Å². The summed E-state index contributed by atoms with van der Waals surface area (Å²) in [6, 6.07) is 6.77. The molecule has 0 unspecified atom stereocenters. The number of alkyl halides is 2. The summed E-state index contributed by atoms with van der Waals surface area (Å²) in [6.45, 7) is 0. The molecule has 0 aliphatic heterocycles. The van der Waals surface area contributed by atoms with E-state index in [9.17, 15) is 9.59 Å². The highest BCUT2D eigenvalue weighted by Crippen LogP contribution is 2.24. The fourth-order valence-electron chi connectivity index (χ4n) is 1.32. The topological polar surface area (TPSA) is 34.1 Å². The third-order valence-corrected chi connectivity index (χ3v) is 3.46. The number of carbonyl (C=O) groups excluding carboxylic acids is 2. The van der Waals surface area contributed by atoms with Gasteiger partial charge in [0, 0.05) is 12.2 Å². The van der Waals surface area contributed by atoms with Gasteiger partial charge in [0.15, 0.2) is 11.6 Å². The molecule has 2 nitrogen and oxygen atoms in total. The van der Waals surface area contributed by atoms with Gasteiger partial charge in [-0.05, 0) is 11.1 Å². The zero-order valence-corrected chi connectivity index (χ0v) is 13.2. The molecule has 0 radical (unpaired) electrons. The number of rotatable bonds is 6. The van der Waals surface area contributed by atoms with Gasteiger partial charge in [0.05, 0.1) is 21.8 Å². The first kappa shape index (κ1) is 17.3. The van der Waals surface area contributed by atoms with Crippen LogP contribution >= 0.6 is 46.4 Å². The van der Waals surface area contributed by atoms with Gasteiger partial charge in [0.1, 0.15) is 0 Å². The van der Waals surface area contributed by atoms with Gasteiger partial charge >= 0.3 is 0 Å². The molecule has 0 aliphatic rings. The monoisotopic (exact) mass is 350 g/mol. The molecule has 1 aromatic carbocycles. The molecule has 0 saturated carbocycles. The minimum Gasteiger partial charge on any atom is -0.293 e. The zero-order valence-electron chi connectivity index (χ0n) is 10.2. The zero-order chi connectivity index (χ0) is 15.1. The van der Waals surface area contributed by atoms with Gasteiger partial charge in [0.25, 0.3) is 0 Å². The molecule has 0 saturated heterocycles. The van der Waals surface area contributed by atoms with E-state index in [-0.39, 0.29) is 23.3 Å². The second-order valence-electron chi connectivity index (χ2n) is 3.76. The van der Waals surface area contributed by atoms with E-state index in [0.717, 1.165) is 0 Å². The number of benzene rings is 1. The maximum atomic E-state index is 11.2. The molecule has 0 N–H and O–H groups in total. The summed E-state index contributed by atoms with van der Waals surface area (Å²) in [4.78, 5) is 22.3. The highest BCUT2D eigenvalue weighted by Gasteiger charge is 2.05. The van der Waals surface area contributed by atoms with E-state index in [1.807, 2.05) is 0 Å². The van der Waals surface area contributed by atoms with Crippen molar-refractivity contribution in [1.82, 2.24) is 0 Å². The van der Waals surface area contributed by atoms with Crippen molar-refractivity contribution < 1.29 is 9.59 Å². The molecule has 20 heavy (non-hydrogen) atoms. The van der Waals surface area contributed by atoms with Gasteiger partial charge in [-0.2, -0.15) is 0 Å². The van der Waals surface area contributed by atoms with Crippen molar-refractivity contribution in [3.63, 3.8) is 0 Å². The standard InChI is InChI=1S/C14H10Cl4O2/c15-7-11(19)5-13(17)9-1-2-10(4-3-9)14(18)6-12(20)8-16/h1-6H,7-8H2/b13-5-,14-6-. The Morgan fingerprint density at radius 1 is 0.800 bits per heavy atom. The molecular weight excluding hydrogens is 342 g/mol. The van der Waals surface area contributed by atoms with Crippen molar-refractivity contribution >= 4 is 68.0 Å². The molecule has 0 amide bonds. The predicted octanol–water partition coefficient (Wildman–Crippen LogP) is 4.46. The maximum absolute atomic E-state index is 11.2. The van der Waals surface area contributed by atoms with Gasteiger partial charge in [-0.1, -0.05) is 47.5 Å². The second-order valence-corrected chi connectivity index (χ2v) is 5.11. The lowest BCUT2D eigenvalue weighted by molar-refractivity contribution is -0.113. The van der Waals surface area contributed by atoms with Crippen molar-refractivity contribution in [2.45, 2.75) is 0 Å². The van der Waals surface area contributed by atoms with Gasteiger partial charge in [0.2, 0.25) is 0 Å². The normalized spacial score (nSPS) is 12.4. The van der Waals surface area contributed by atoms with Crippen molar-refractivity contribution in [2.75, 3.05) is 11.8 Å². The SMILES string of the molecule is O=C(/C=C(\Cl)c1ccc(/C(Cl)=C/C(=O)CCl)cc1)CCl. The Kier molecular flexibility index (Phi) is 7.31. The lowest BCUT2D eigenvalue weighted by atomic mass is 10.1. The molecule has 6 heteroatoms. The summed E-state index contributed by atoms with van der Waals surface area (Å²) in [5.41, 5.74) is 1.31. The number of allylic oxidation sites excluding steroid dienone is 2. The molecule has 0 aromatic heterocycles. The third kappa shape index (κ3) is 5.29. The van der Waals surface area contributed by atoms with Crippen molar-refractivity contribution in [1.29, 1.82) is 0 Å². The molecule has 0 spiro atoms. The van der Waals surface area contributed by atoms with Crippen LogP contribution in [-0.4, -0.2) is 23.3 Å². The Bertz CT molecular complexity index is 508. The molecule has 0 fully saturated rings. The average molecular weight is 352 g/mol. The van der Waals surface area contributed by atoms with Crippen LogP contribution in [-0.2, 0) is 9.59 Å². The summed E-state index contributed by atoms with van der Waals surface area (Å²) in [6.07, 6.45) is 2.52. The quantitative estimate of drug-likeness (QED) is 0.560. The fourth-order valence-corrected chi connectivity index (χ4v) is 1.96. The van der Waals surface area contributed by atoms with Crippen LogP contribution in [0.5, 0.6) is 0 Å². The molecular formula is C14H10Cl4O2. The van der Waals surface area contributed by atoms with Gasteiger partial charge in [-0.15, -0.1) is 23.2 Å². The summed E-state index contributed by atoms with van der Waals surface area (Å²) in [7, 11) is 0. The van der Waals surface area contributed by atoms with E-state index in [1.165, 1.54) is 12.2 Å². The van der Waals surface area contributed by atoms with Gasteiger partial charge < -0.3 is 0 Å². The Labute approximate surface area is 137 Å². The number of ketones is 2. The lowest BCUT2D eigenvalue weighted by Crippen LogP contribution is -1.94. The Morgan fingerprint density at radius 3 is 1.35 bits per heavy atom. The van der Waals surface area contributed by atoms with Crippen LogP contribution in [0, 0.1) is 0 Å². The minimum atomic E-state index is -0.272. The van der Waals surface area contributed by atoms with E-state index in [4.69, 9.17) is 46.4 Å². The van der Waals surface area contributed by atoms with Crippen LogP contribution in [0.25, 0.3) is 10.1 Å². The van der Waals surface area contributed by atoms with Gasteiger partial charge in [-0.25, -0.2) is 0 Å². The van der Waals surface area contributed by atoms with Crippen molar-refractivity contribution in [3.05, 3.63) is 47.5 Å². The smallest absolute Gasteiger partial charge is 0.171 e. The first-order chi connectivity index (χ1) is 9.47. The first-order valence-corrected chi connectivity index (χ1v) is 7.33. The average Bonchev–Trinajstić information content (AvgIpc) is 2.46. The Hall–Kier alpha value is -0.800. The third-order valence-electron chi connectivity index (χ3n) is 2.28. The number of carbonyl (C=O) groups is 2. The summed E-state index contributed by atoms with van der Waals surface area (Å²) >= 11 is 22.7. The first-order valence-electron chi connectivity index (χ1n) is 5.50. The Morgan fingerprint density at radius 2 is 1.10 bits per heavy atom. The van der Waals surface area contributed by atoms with E-state index < -0.39 is 0 Å². The largest absolute Gasteiger partial charge is 0.293 e. The molecule has 0 heterocycles. The number of hydrogen-bond donors (Lipinski definition) is 0. The van der Waals surface area contributed by atoms with Crippen LogP contribution in [0.3, 0.4) is 0 Å². The minimum absolute atomic E-state index is 0.122. The predicted molar refractivity (Wildman–Crippen MR) is 85.6 cm³/mol. The molecule has 0 bridgehead atoms. The van der Waals surface area contributed by atoms with E-state index in [1.54, 1.807) is 24.3 Å². The van der Waals surface area contributed by atoms with E-state index in [0.29, 0.717) is 21.2 Å². The number of hydrogen-bond acceptors (Lipinski definition) is 2. The fraction of sp³-hybridized carbons (Fsp3) is 0.143. The molecule has 1 rings (SSSR count). The molecule has 0 aliphatic carbocycles. The van der Waals surface area contributed by atoms with Crippen LogP contribution in [0.15, 0.2) is 36.4 Å². The van der Waals surface area contributed by atoms with Gasteiger partial charge in [-0.3, -0.25) is 9.59 Å². The van der Waals surface area contributed by atoms with E-state index in [2.05, 4.69) is 0 Å². The van der Waals surface area contributed by atoms with Crippen LogP contribution in [0.1, 0.15) is 11.1 Å². The second kappa shape index (κ2) is 8.48. The lowest BCUT2D eigenvalue weighted by Gasteiger charge is -2.02. The number of halogens is 4. The van der Waals surface area contributed by atoms with Crippen LogP contribution in [0.2, 0.25) is 0 Å². The molecule has 1 aromatic rings. The van der Waals surface area contributed by atoms with Crippen LogP contribution in [0.4, 0.5) is 0 Å². The van der Waals surface area contributed by atoms with E-state index >= 15 is 0 Å². The van der Waals surface area contributed by atoms with Crippen molar-refractivity contribution in [2.24, 2.45) is 0 Å². The summed E-state index contributed by atoms with van der Waals surface area (Å²) in [5.74, 6) is -0.787. The summed E-state index contributed by atoms with van der Waals surface area (Å²) in [5, 5.41) is 0.582.